The summed E-state index contributed by atoms with van der Waals surface area (Å²) >= 11 is 0. The van der Waals surface area contributed by atoms with E-state index in [1.165, 1.54) is 19.2 Å². The molecule has 7 heteroatoms. The van der Waals surface area contributed by atoms with Crippen molar-refractivity contribution < 1.29 is 19.4 Å². The van der Waals surface area contributed by atoms with Crippen LogP contribution in [0.25, 0.3) is 0 Å². The van der Waals surface area contributed by atoms with Gasteiger partial charge in [-0.2, -0.15) is 0 Å². The quantitative estimate of drug-likeness (QED) is 0.858. The average molecular weight is 287 g/mol. The molecule has 0 aliphatic carbocycles. The summed E-state index contributed by atoms with van der Waals surface area (Å²) in [6.07, 6.45) is -0.0848. The molecule has 0 unspecified atom stereocenters. The highest BCUT2D eigenvalue weighted by molar-refractivity contribution is 5.91. The Morgan fingerprint density at radius 1 is 1.24 bits per heavy atom. The second-order valence-electron chi connectivity index (χ2n) is 4.16. The first-order valence-corrected chi connectivity index (χ1v) is 6.13. The van der Waals surface area contributed by atoms with Gasteiger partial charge in [-0.1, -0.05) is 12.1 Å². The van der Waals surface area contributed by atoms with Gasteiger partial charge in [0.2, 0.25) is 5.88 Å². The average Bonchev–Trinajstić information content (AvgIpc) is 2.47. The number of amides is 1. The molecule has 0 aliphatic rings. The van der Waals surface area contributed by atoms with E-state index in [2.05, 4.69) is 15.5 Å². The molecule has 0 saturated heterocycles. The van der Waals surface area contributed by atoms with Gasteiger partial charge in [-0.05, 0) is 23.8 Å². The standard InChI is InChI=1S/C14H13N3O4/c1-15-14(20)11-5-6-12(17-16-11)21-10-4-2-3-9(7-10)8-13(18)19/h2-7H,8H2,1H3,(H,15,20)(H,18,19). The molecule has 1 amide bonds. The predicted octanol–water partition coefficient (Wildman–Crippen LogP) is 1.26. The van der Waals surface area contributed by atoms with E-state index in [0.717, 1.165) is 0 Å². The summed E-state index contributed by atoms with van der Waals surface area (Å²) in [4.78, 5) is 22.0. The van der Waals surface area contributed by atoms with Crippen molar-refractivity contribution in [2.45, 2.75) is 6.42 Å². The van der Waals surface area contributed by atoms with Gasteiger partial charge in [0.15, 0.2) is 5.69 Å². The van der Waals surface area contributed by atoms with E-state index in [0.29, 0.717) is 11.3 Å². The molecule has 0 saturated carbocycles. The lowest BCUT2D eigenvalue weighted by Gasteiger charge is -2.06. The van der Waals surface area contributed by atoms with E-state index in [-0.39, 0.29) is 23.9 Å². The number of carbonyl (C=O) groups excluding carboxylic acids is 1. The summed E-state index contributed by atoms with van der Waals surface area (Å²) in [5, 5.41) is 18.7. The van der Waals surface area contributed by atoms with Crippen molar-refractivity contribution >= 4 is 11.9 Å². The number of carboxylic acid groups (broad SMARTS) is 1. The third-order valence-corrected chi connectivity index (χ3v) is 2.58. The minimum Gasteiger partial charge on any atom is -0.481 e. The van der Waals surface area contributed by atoms with E-state index < -0.39 is 5.97 Å². The molecule has 0 spiro atoms. The molecular weight excluding hydrogens is 274 g/mol. The van der Waals surface area contributed by atoms with Crippen LogP contribution in [0.2, 0.25) is 0 Å². The number of nitrogens with one attached hydrogen (secondary N) is 1. The predicted molar refractivity (Wildman–Crippen MR) is 73.3 cm³/mol. The fourth-order valence-corrected chi connectivity index (χ4v) is 1.64. The number of aliphatic carboxylic acids is 1. The monoisotopic (exact) mass is 287 g/mol. The van der Waals surface area contributed by atoms with Gasteiger partial charge in [0.05, 0.1) is 6.42 Å². The van der Waals surface area contributed by atoms with Gasteiger partial charge in [-0.25, -0.2) is 0 Å². The van der Waals surface area contributed by atoms with Crippen LogP contribution in [0.15, 0.2) is 36.4 Å². The van der Waals surface area contributed by atoms with Crippen LogP contribution in [0.5, 0.6) is 11.6 Å². The molecule has 0 fully saturated rings. The van der Waals surface area contributed by atoms with Crippen LogP contribution in [0.3, 0.4) is 0 Å². The fraction of sp³-hybridized carbons (Fsp3) is 0.143. The van der Waals surface area contributed by atoms with E-state index in [1.54, 1.807) is 24.3 Å². The van der Waals surface area contributed by atoms with Crippen molar-refractivity contribution in [1.29, 1.82) is 0 Å². The Kier molecular flexibility index (Phi) is 4.45. The van der Waals surface area contributed by atoms with Crippen molar-refractivity contribution in [3.8, 4) is 11.6 Å². The highest BCUT2D eigenvalue weighted by Crippen LogP contribution is 2.20. The largest absolute Gasteiger partial charge is 0.481 e. The lowest BCUT2D eigenvalue weighted by molar-refractivity contribution is -0.136. The number of hydrogen-bond acceptors (Lipinski definition) is 5. The Morgan fingerprint density at radius 2 is 2.05 bits per heavy atom. The minimum absolute atomic E-state index is 0.0848. The number of aromatic nitrogens is 2. The van der Waals surface area contributed by atoms with Crippen LogP contribution in [0, 0.1) is 0 Å². The Labute approximate surface area is 120 Å². The zero-order chi connectivity index (χ0) is 15.2. The van der Waals surface area contributed by atoms with Gasteiger partial charge >= 0.3 is 5.97 Å². The zero-order valence-electron chi connectivity index (χ0n) is 11.2. The van der Waals surface area contributed by atoms with Gasteiger partial charge < -0.3 is 15.2 Å². The van der Waals surface area contributed by atoms with Crippen LogP contribution >= 0.6 is 0 Å². The van der Waals surface area contributed by atoms with E-state index in [1.807, 2.05) is 0 Å². The van der Waals surface area contributed by atoms with Gasteiger partial charge in [-0.3, -0.25) is 9.59 Å². The highest BCUT2D eigenvalue weighted by Gasteiger charge is 2.07. The highest BCUT2D eigenvalue weighted by atomic mass is 16.5. The number of hydrogen-bond donors (Lipinski definition) is 2. The maximum absolute atomic E-state index is 11.3. The normalized spacial score (nSPS) is 9.95. The van der Waals surface area contributed by atoms with Crippen molar-refractivity contribution in [1.82, 2.24) is 15.5 Å². The molecule has 0 aliphatic heterocycles. The molecule has 7 nitrogen and oxygen atoms in total. The van der Waals surface area contributed by atoms with Crippen LogP contribution in [0.1, 0.15) is 16.1 Å². The molecule has 1 aromatic heterocycles. The minimum atomic E-state index is -0.915. The first-order chi connectivity index (χ1) is 10.1. The van der Waals surface area contributed by atoms with Gasteiger partial charge in [0.1, 0.15) is 5.75 Å². The Morgan fingerprint density at radius 3 is 2.67 bits per heavy atom. The molecule has 1 heterocycles. The first-order valence-electron chi connectivity index (χ1n) is 6.13. The molecule has 2 aromatic rings. The molecule has 108 valence electrons. The SMILES string of the molecule is CNC(=O)c1ccc(Oc2cccc(CC(=O)O)c2)nn1. The number of rotatable bonds is 5. The molecule has 0 atom stereocenters. The maximum Gasteiger partial charge on any atom is 0.307 e. The second kappa shape index (κ2) is 6.47. The molecular formula is C14H13N3O4. The lowest BCUT2D eigenvalue weighted by Crippen LogP contribution is -2.19. The van der Waals surface area contributed by atoms with Crippen LogP contribution in [0.4, 0.5) is 0 Å². The van der Waals surface area contributed by atoms with Crippen molar-refractivity contribution in [2.24, 2.45) is 0 Å². The van der Waals surface area contributed by atoms with Gasteiger partial charge in [0, 0.05) is 13.1 Å². The van der Waals surface area contributed by atoms with Gasteiger partial charge in [0.25, 0.3) is 5.91 Å². The number of nitrogens with zero attached hydrogens (tertiary/aromatic N) is 2. The maximum atomic E-state index is 11.3. The number of carboxylic acids is 1. The summed E-state index contributed by atoms with van der Waals surface area (Å²) in [5.74, 6) is -0.578. The van der Waals surface area contributed by atoms with Crippen LogP contribution in [-0.4, -0.2) is 34.2 Å². The summed E-state index contributed by atoms with van der Waals surface area (Å²) in [6.45, 7) is 0. The van der Waals surface area contributed by atoms with Crippen molar-refractivity contribution in [3.05, 3.63) is 47.7 Å². The fourth-order valence-electron chi connectivity index (χ4n) is 1.64. The van der Waals surface area contributed by atoms with E-state index in [9.17, 15) is 9.59 Å². The Balaban J connectivity index is 2.11. The third-order valence-electron chi connectivity index (χ3n) is 2.58. The smallest absolute Gasteiger partial charge is 0.307 e. The molecule has 2 N–H and O–H groups in total. The number of benzene rings is 1. The zero-order valence-corrected chi connectivity index (χ0v) is 11.2. The third kappa shape index (κ3) is 4.00. The Hall–Kier alpha value is -2.96. The summed E-state index contributed by atoms with van der Waals surface area (Å²) in [6, 6.07) is 9.69. The first kappa shape index (κ1) is 14.4. The number of ether oxygens (including phenoxy) is 1. The second-order valence-corrected chi connectivity index (χ2v) is 4.16. The molecule has 0 radical (unpaired) electrons. The summed E-state index contributed by atoms with van der Waals surface area (Å²) in [5.41, 5.74) is 0.805. The lowest BCUT2D eigenvalue weighted by atomic mass is 10.1. The van der Waals surface area contributed by atoms with E-state index >= 15 is 0 Å². The van der Waals surface area contributed by atoms with Crippen molar-refractivity contribution in [2.75, 3.05) is 7.05 Å². The summed E-state index contributed by atoms with van der Waals surface area (Å²) in [7, 11) is 1.50. The summed E-state index contributed by atoms with van der Waals surface area (Å²) < 4.78 is 5.47. The molecule has 21 heavy (non-hydrogen) atoms. The van der Waals surface area contributed by atoms with Crippen LogP contribution < -0.4 is 10.1 Å². The van der Waals surface area contributed by atoms with Crippen molar-refractivity contribution in [3.63, 3.8) is 0 Å². The Bertz CT molecular complexity index is 656. The van der Waals surface area contributed by atoms with Gasteiger partial charge in [-0.15, -0.1) is 10.2 Å². The van der Waals surface area contributed by atoms with Crippen LogP contribution in [-0.2, 0) is 11.2 Å². The topological polar surface area (TPSA) is 101 Å². The number of carbonyl (C=O) groups is 2. The molecule has 0 bridgehead atoms. The molecule has 2 rings (SSSR count). The van der Waals surface area contributed by atoms with E-state index in [4.69, 9.17) is 9.84 Å². The molecule has 1 aromatic carbocycles.